The van der Waals surface area contributed by atoms with Crippen molar-refractivity contribution < 1.29 is 9.47 Å². The zero-order valence-corrected chi connectivity index (χ0v) is 18.7. The normalized spacial score (nSPS) is 9.71. The van der Waals surface area contributed by atoms with Crippen LogP contribution in [-0.2, 0) is 13.2 Å². The molecular formula is C23H26Cl2N4O2. The Morgan fingerprint density at radius 3 is 1.61 bits per heavy atom. The Morgan fingerprint density at radius 2 is 1.16 bits per heavy atom. The molecule has 3 aromatic rings. The second kappa shape index (κ2) is 11.8. The summed E-state index contributed by atoms with van der Waals surface area (Å²) < 4.78 is 11.7. The molecule has 0 radical (unpaired) electrons. The SMILES string of the molecule is Cc1ccc(COc2ccc(C(=N)N)cc2)cc1COc1ccc(C(=N)N)cc1.Cl.Cl. The maximum Gasteiger partial charge on any atom is 0.122 e. The molecule has 0 spiro atoms. The number of ether oxygens (including phenoxy) is 2. The first kappa shape index (κ1) is 25.8. The third-order valence-electron chi connectivity index (χ3n) is 4.54. The van der Waals surface area contributed by atoms with Crippen molar-refractivity contribution in [3.8, 4) is 11.5 Å². The van der Waals surface area contributed by atoms with Crippen LogP contribution in [0.4, 0.5) is 0 Å². The lowest BCUT2D eigenvalue weighted by Gasteiger charge is -2.12. The molecule has 0 heterocycles. The van der Waals surface area contributed by atoms with Gasteiger partial charge in [0.1, 0.15) is 36.4 Å². The van der Waals surface area contributed by atoms with E-state index in [0.717, 1.165) is 28.2 Å². The molecule has 0 atom stereocenters. The Morgan fingerprint density at radius 1 is 0.710 bits per heavy atom. The van der Waals surface area contributed by atoms with Crippen LogP contribution < -0.4 is 20.9 Å². The number of benzene rings is 3. The van der Waals surface area contributed by atoms with Crippen molar-refractivity contribution in [2.75, 3.05) is 0 Å². The molecule has 3 aromatic carbocycles. The van der Waals surface area contributed by atoms with Crippen molar-refractivity contribution in [3.05, 3.63) is 94.5 Å². The molecule has 0 fully saturated rings. The quantitative estimate of drug-likeness (QED) is 0.290. The maximum atomic E-state index is 7.44. The van der Waals surface area contributed by atoms with E-state index in [-0.39, 0.29) is 36.5 Å². The average molecular weight is 461 g/mol. The summed E-state index contributed by atoms with van der Waals surface area (Å²) in [6, 6.07) is 20.5. The van der Waals surface area contributed by atoms with Crippen LogP contribution in [0.3, 0.4) is 0 Å². The molecule has 6 N–H and O–H groups in total. The van der Waals surface area contributed by atoms with Crippen LogP contribution in [0.1, 0.15) is 27.8 Å². The third kappa shape index (κ3) is 7.20. The lowest BCUT2D eigenvalue weighted by molar-refractivity contribution is 0.299. The van der Waals surface area contributed by atoms with E-state index in [1.54, 1.807) is 36.4 Å². The lowest BCUT2D eigenvalue weighted by Crippen LogP contribution is -2.10. The van der Waals surface area contributed by atoms with Crippen LogP contribution >= 0.6 is 24.8 Å². The van der Waals surface area contributed by atoms with Crippen molar-refractivity contribution in [3.63, 3.8) is 0 Å². The first-order chi connectivity index (χ1) is 13.9. The second-order valence-electron chi connectivity index (χ2n) is 6.71. The molecule has 3 rings (SSSR count). The fraction of sp³-hybridized carbons (Fsp3) is 0.130. The molecule has 0 aliphatic carbocycles. The first-order valence-electron chi connectivity index (χ1n) is 9.15. The summed E-state index contributed by atoms with van der Waals surface area (Å²) in [4.78, 5) is 0. The molecule has 6 nitrogen and oxygen atoms in total. The zero-order valence-electron chi connectivity index (χ0n) is 17.1. The average Bonchev–Trinajstić information content (AvgIpc) is 2.72. The molecule has 0 unspecified atom stereocenters. The van der Waals surface area contributed by atoms with Gasteiger partial charge in [-0.15, -0.1) is 24.8 Å². The van der Waals surface area contributed by atoms with E-state index in [1.807, 2.05) is 25.1 Å². The maximum absolute atomic E-state index is 7.44. The molecule has 31 heavy (non-hydrogen) atoms. The second-order valence-corrected chi connectivity index (χ2v) is 6.71. The van der Waals surface area contributed by atoms with E-state index >= 15 is 0 Å². The van der Waals surface area contributed by atoms with Gasteiger partial charge >= 0.3 is 0 Å². The number of aryl methyl sites for hydroxylation is 1. The van der Waals surface area contributed by atoms with Crippen LogP contribution in [0.2, 0.25) is 0 Å². The molecule has 0 saturated carbocycles. The fourth-order valence-corrected chi connectivity index (χ4v) is 2.76. The van der Waals surface area contributed by atoms with Gasteiger partial charge in [-0.3, -0.25) is 10.8 Å². The Balaban J connectivity index is 0.00000240. The largest absolute Gasteiger partial charge is 0.489 e. The van der Waals surface area contributed by atoms with Gasteiger partial charge in [0.15, 0.2) is 0 Å². The Labute approximate surface area is 194 Å². The van der Waals surface area contributed by atoms with E-state index < -0.39 is 0 Å². The first-order valence-corrected chi connectivity index (χ1v) is 9.15. The number of nitrogen functional groups attached to an aromatic ring is 2. The van der Waals surface area contributed by atoms with Crippen molar-refractivity contribution in [1.29, 1.82) is 10.8 Å². The van der Waals surface area contributed by atoms with E-state index in [1.165, 1.54) is 0 Å². The molecule has 164 valence electrons. The molecule has 8 heteroatoms. The number of nitrogens with one attached hydrogen (secondary N) is 2. The van der Waals surface area contributed by atoms with Crippen molar-refractivity contribution >= 4 is 36.5 Å². The topological polar surface area (TPSA) is 118 Å². The summed E-state index contributed by atoms with van der Waals surface area (Å²) in [5.41, 5.74) is 15.5. The Hall–Kier alpha value is -3.22. The van der Waals surface area contributed by atoms with E-state index in [4.69, 9.17) is 31.8 Å². The Bertz CT molecular complexity index is 1020. The highest BCUT2D eigenvalue weighted by molar-refractivity contribution is 5.95. The standard InChI is InChI=1S/C23H24N4O2.2ClH/c1-15-2-3-16(13-28-20-8-4-17(5-9-20)22(24)25)12-19(15)14-29-21-10-6-18(7-11-21)23(26)27;;/h2-12H,13-14H2,1H3,(H3,24,25)(H3,26,27);2*1H. The highest BCUT2D eigenvalue weighted by atomic mass is 35.5. The molecule has 0 aliphatic heterocycles. The van der Waals surface area contributed by atoms with E-state index in [0.29, 0.717) is 24.3 Å². The monoisotopic (exact) mass is 460 g/mol. The molecule has 0 bridgehead atoms. The van der Waals surface area contributed by atoms with Crippen molar-refractivity contribution in [2.24, 2.45) is 11.5 Å². The lowest BCUT2D eigenvalue weighted by atomic mass is 10.1. The van der Waals surface area contributed by atoms with Gasteiger partial charge in [-0.25, -0.2) is 0 Å². The number of halogens is 2. The van der Waals surface area contributed by atoms with Crippen LogP contribution in [-0.4, -0.2) is 11.7 Å². The third-order valence-corrected chi connectivity index (χ3v) is 4.54. The van der Waals surface area contributed by atoms with Crippen LogP contribution in [0.15, 0.2) is 66.7 Å². The van der Waals surface area contributed by atoms with Gasteiger partial charge in [-0.1, -0.05) is 12.1 Å². The summed E-state index contributed by atoms with van der Waals surface area (Å²) >= 11 is 0. The van der Waals surface area contributed by atoms with Gasteiger partial charge in [0.2, 0.25) is 0 Å². The van der Waals surface area contributed by atoms with Crippen LogP contribution in [0.5, 0.6) is 11.5 Å². The smallest absolute Gasteiger partial charge is 0.122 e. The number of hydrogen-bond donors (Lipinski definition) is 4. The van der Waals surface area contributed by atoms with Crippen molar-refractivity contribution in [1.82, 2.24) is 0 Å². The van der Waals surface area contributed by atoms with Gasteiger partial charge in [0.25, 0.3) is 0 Å². The van der Waals surface area contributed by atoms with E-state index in [9.17, 15) is 0 Å². The number of amidine groups is 2. The number of rotatable bonds is 8. The minimum atomic E-state index is 0. The predicted molar refractivity (Wildman–Crippen MR) is 129 cm³/mol. The van der Waals surface area contributed by atoms with Gasteiger partial charge in [-0.05, 0) is 78.2 Å². The minimum Gasteiger partial charge on any atom is -0.489 e. The van der Waals surface area contributed by atoms with Gasteiger partial charge in [0.05, 0.1) is 0 Å². The highest BCUT2D eigenvalue weighted by Crippen LogP contribution is 2.19. The number of nitrogens with two attached hydrogens (primary N) is 2. The number of hydrogen-bond acceptors (Lipinski definition) is 4. The van der Waals surface area contributed by atoms with Gasteiger partial charge in [0, 0.05) is 11.1 Å². The van der Waals surface area contributed by atoms with Gasteiger partial charge < -0.3 is 20.9 Å². The van der Waals surface area contributed by atoms with Gasteiger partial charge in [-0.2, -0.15) is 0 Å². The Kier molecular flexibility index (Phi) is 9.86. The van der Waals surface area contributed by atoms with Crippen molar-refractivity contribution in [2.45, 2.75) is 20.1 Å². The summed E-state index contributed by atoms with van der Waals surface area (Å²) in [5.74, 6) is 1.52. The van der Waals surface area contributed by atoms with Crippen LogP contribution in [0.25, 0.3) is 0 Å². The summed E-state index contributed by atoms with van der Waals surface area (Å²) in [5, 5.41) is 14.9. The summed E-state index contributed by atoms with van der Waals surface area (Å²) in [6.45, 7) is 2.91. The van der Waals surface area contributed by atoms with E-state index in [2.05, 4.69) is 12.1 Å². The van der Waals surface area contributed by atoms with Crippen LogP contribution in [0, 0.1) is 17.7 Å². The molecule has 0 amide bonds. The minimum absolute atomic E-state index is 0. The zero-order chi connectivity index (χ0) is 20.8. The highest BCUT2D eigenvalue weighted by Gasteiger charge is 2.05. The summed E-state index contributed by atoms with van der Waals surface area (Å²) in [7, 11) is 0. The molecule has 0 aromatic heterocycles. The summed E-state index contributed by atoms with van der Waals surface area (Å²) in [6.07, 6.45) is 0. The molecular weight excluding hydrogens is 435 g/mol. The predicted octanol–water partition coefficient (Wildman–Crippen LogP) is 4.56. The molecule has 0 aliphatic rings. The fourth-order valence-electron chi connectivity index (χ4n) is 2.76. The molecule has 0 saturated heterocycles.